The highest BCUT2D eigenvalue weighted by atomic mass is 32.2. The summed E-state index contributed by atoms with van der Waals surface area (Å²) in [6, 6.07) is 17.8. The van der Waals surface area contributed by atoms with Gasteiger partial charge >= 0.3 is 0 Å². The molecule has 0 aliphatic rings. The van der Waals surface area contributed by atoms with Crippen LogP contribution in [0.4, 0.5) is 11.6 Å². The number of benzene rings is 2. The molecular weight excluding hydrogens is 410 g/mol. The zero-order valence-corrected chi connectivity index (χ0v) is 18.7. The van der Waals surface area contributed by atoms with Gasteiger partial charge in [-0.25, -0.2) is 18.1 Å². The van der Waals surface area contributed by atoms with Crippen molar-refractivity contribution in [1.82, 2.24) is 14.8 Å². The van der Waals surface area contributed by atoms with Gasteiger partial charge in [-0.2, -0.15) is 5.10 Å². The lowest BCUT2D eigenvalue weighted by Crippen LogP contribution is -2.17. The van der Waals surface area contributed by atoms with Crippen LogP contribution in [0.15, 0.2) is 65.6 Å². The fourth-order valence-corrected chi connectivity index (χ4v) is 4.47. The number of hydrogen-bond acceptors (Lipinski definition) is 5. The first kappa shape index (κ1) is 20.9. The summed E-state index contributed by atoms with van der Waals surface area (Å²) in [6.45, 7) is 8.06. The van der Waals surface area contributed by atoms with E-state index < -0.39 is 10.0 Å². The van der Waals surface area contributed by atoms with Gasteiger partial charge in [0.2, 0.25) is 0 Å². The van der Waals surface area contributed by atoms with Crippen molar-refractivity contribution >= 4 is 32.6 Å². The molecule has 160 valence electrons. The fourth-order valence-electron chi connectivity index (χ4n) is 3.44. The van der Waals surface area contributed by atoms with Crippen molar-refractivity contribution in [2.24, 2.45) is 0 Å². The number of aryl methyl sites for hydroxylation is 1. The molecule has 0 aliphatic carbocycles. The minimum atomic E-state index is -3.81. The summed E-state index contributed by atoms with van der Waals surface area (Å²) >= 11 is 0. The average molecular weight is 436 g/mol. The molecule has 4 aromatic rings. The molecule has 2 aromatic heterocycles. The highest BCUT2D eigenvalue weighted by Gasteiger charge is 2.21. The number of sulfonamides is 1. The molecular formula is C23H25N5O2S. The number of nitrogen functional groups attached to an aromatic ring is 1. The van der Waals surface area contributed by atoms with E-state index >= 15 is 0 Å². The SMILES string of the molecule is Cc1cc(NS(=O)(=O)c2ccc(C(C)(C)C)cc2)n(-c2cc(N)nc3ccccc23)n1. The highest BCUT2D eigenvalue weighted by Crippen LogP contribution is 2.28. The molecule has 4 rings (SSSR count). The second-order valence-corrected chi connectivity index (χ2v) is 10.2. The number of nitrogens with zero attached hydrogens (tertiary/aromatic N) is 3. The molecule has 2 aromatic carbocycles. The Morgan fingerprint density at radius 3 is 2.35 bits per heavy atom. The van der Waals surface area contributed by atoms with Crippen molar-refractivity contribution < 1.29 is 8.42 Å². The van der Waals surface area contributed by atoms with Crippen LogP contribution in [0.1, 0.15) is 32.0 Å². The molecule has 0 spiro atoms. The van der Waals surface area contributed by atoms with Gasteiger partial charge in [0.1, 0.15) is 11.6 Å². The molecule has 0 radical (unpaired) electrons. The maximum atomic E-state index is 13.1. The van der Waals surface area contributed by atoms with Crippen molar-refractivity contribution in [1.29, 1.82) is 0 Å². The van der Waals surface area contributed by atoms with Gasteiger partial charge in [-0.1, -0.05) is 51.1 Å². The maximum Gasteiger partial charge on any atom is 0.263 e. The molecule has 0 bridgehead atoms. The van der Waals surface area contributed by atoms with Crippen molar-refractivity contribution in [3.63, 3.8) is 0 Å². The number of pyridine rings is 1. The topological polar surface area (TPSA) is 103 Å². The van der Waals surface area contributed by atoms with Gasteiger partial charge in [0.05, 0.1) is 21.8 Å². The summed E-state index contributed by atoms with van der Waals surface area (Å²) in [4.78, 5) is 4.53. The molecule has 0 atom stereocenters. The highest BCUT2D eigenvalue weighted by molar-refractivity contribution is 7.92. The number of hydrogen-bond donors (Lipinski definition) is 2. The lowest BCUT2D eigenvalue weighted by Gasteiger charge is -2.19. The molecule has 7 nitrogen and oxygen atoms in total. The standard InChI is InChI=1S/C23H25N5O2S/c1-15-13-22(27-31(29,30)17-11-9-16(10-12-17)23(2,3)4)28(26-15)20-14-21(24)25-19-8-6-5-7-18(19)20/h5-14,27H,1-4H3,(H2,24,25). The Bertz CT molecular complexity index is 1370. The molecule has 0 fully saturated rings. The number of fused-ring (bicyclic) bond motifs is 1. The van der Waals surface area contributed by atoms with Gasteiger partial charge in [0.25, 0.3) is 10.0 Å². The van der Waals surface area contributed by atoms with Gasteiger partial charge in [0, 0.05) is 17.5 Å². The Labute approximate surface area is 182 Å². The Morgan fingerprint density at radius 1 is 1.00 bits per heavy atom. The Hall–Kier alpha value is -3.39. The molecule has 31 heavy (non-hydrogen) atoms. The van der Waals surface area contributed by atoms with E-state index in [0.717, 1.165) is 10.9 Å². The quantitative estimate of drug-likeness (QED) is 0.494. The van der Waals surface area contributed by atoms with Gasteiger partial charge in [-0.3, -0.25) is 4.72 Å². The van der Waals surface area contributed by atoms with E-state index in [-0.39, 0.29) is 10.3 Å². The van der Waals surface area contributed by atoms with E-state index in [1.54, 1.807) is 35.9 Å². The minimum absolute atomic E-state index is 0.0617. The first-order chi connectivity index (χ1) is 14.5. The monoisotopic (exact) mass is 435 g/mol. The van der Waals surface area contributed by atoms with E-state index in [1.165, 1.54) is 0 Å². The number of nitrogens with one attached hydrogen (secondary N) is 1. The smallest absolute Gasteiger partial charge is 0.263 e. The third-order valence-corrected chi connectivity index (χ3v) is 6.41. The molecule has 2 heterocycles. The van der Waals surface area contributed by atoms with E-state index in [1.807, 2.05) is 36.4 Å². The second kappa shape index (κ2) is 7.39. The van der Waals surface area contributed by atoms with Gasteiger partial charge in [-0.15, -0.1) is 0 Å². The van der Waals surface area contributed by atoms with Crippen molar-refractivity contribution in [3.8, 4) is 5.69 Å². The molecule has 0 saturated heterocycles. The normalized spacial score (nSPS) is 12.3. The molecule has 0 unspecified atom stereocenters. The molecule has 0 amide bonds. The van der Waals surface area contributed by atoms with Crippen LogP contribution in [-0.2, 0) is 15.4 Å². The van der Waals surface area contributed by atoms with Crippen LogP contribution in [0, 0.1) is 6.92 Å². The first-order valence-corrected chi connectivity index (χ1v) is 11.4. The number of rotatable bonds is 4. The van der Waals surface area contributed by atoms with Crippen LogP contribution in [-0.4, -0.2) is 23.2 Å². The van der Waals surface area contributed by atoms with E-state index in [9.17, 15) is 8.42 Å². The van der Waals surface area contributed by atoms with Crippen LogP contribution < -0.4 is 10.5 Å². The van der Waals surface area contributed by atoms with Crippen LogP contribution >= 0.6 is 0 Å². The zero-order valence-electron chi connectivity index (χ0n) is 17.9. The molecule has 0 aliphatic heterocycles. The summed E-state index contributed by atoms with van der Waals surface area (Å²) in [5.41, 5.74) is 9.02. The Balaban J connectivity index is 1.77. The van der Waals surface area contributed by atoms with Crippen LogP contribution in [0.2, 0.25) is 0 Å². The number of para-hydroxylation sites is 1. The third kappa shape index (κ3) is 4.11. The van der Waals surface area contributed by atoms with Gasteiger partial charge < -0.3 is 5.73 Å². The van der Waals surface area contributed by atoms with Crippen molar-refractivity contribution in [2.75, 3.05) is 10.5 Å². The summed E-state index contributed by atoms with van der Waals surface area (Å²) < 4.78 is 30.4. The van der Waals surface area contributed by atoms with Gasteiger partial charge in [-0.05, 0) is 36.1 Å². The second-order valence-electron chi connectivity index (χ2n) is 8.55. The lowest BCUT2D eigenvalue weighted by atomic mass is 9.87. The Kier molecular flexibility index (Phi) is 4.97. The van der Waals surface area contributed by atoms with Gasteiger partial charge in [0.15, 0.2) is 0 Å². The summed E-state index contributed by atoms with van der Waals surface area (Å²) in [5.74, 6) is 0.654. The third-order valence-electron chi connectivity index (χ3n) is 5.04. The first-order valence-electron chi connectivity index (χ1n) is 9.90. The fraction of sp³-hybridized carbons (Fsp3) is 0.217. The predicted molar refractivity (Wildman–Crippen MR) is 124 cm³/mol. The van der Waals surface area contributed by atoms with E-state index in [2.05, 4.69) is 35.6 Å². The Morgan fingerprint density at radius 2 is 1.68 bits per heavy atom. The largest absolute Gasteiger partial charge is 0.384 e. The minimum Gasteiger partial charge on any atom is -0.384 e. The lowest BCUT2D eigenvalue weighted by molar-refractivity contribution is 0.587. The van der Waals surface area contributed by atoms with Crippen LogP contribution in [0.25, 0.3) is 16.6 Å². The van der Waals surface area contributed by atoms with E-state index in [4.69, 9.17) is 5.73 Å². The van der Waals surface area contributed by atoms with Crippen molar-refractivity contribution in [3.05, 3.63) is 71.9 Å². The summed E-state index contributed by atoms with van der Waals surface area (Å²) in [7, 11) is -3.81. The number of aromatic nitrogens is 3. The molecule has 0 saturated carbocycles. The van der Waals surface area contributed by atoms with Crippen LogP contribution in [0.3, 0.4) is 0 Å². The predicted octanol–water partition coefficient (Wildman–Crippen LogP) is 4.41. The van der Waals surface area contributed by atoms with Crippen molar-refractivity contribution in [2.45, 2.75) is 38.0 Å². The number of anilines is 2. The number of nitrogens with two attached hydrogens (primary N) is 1. The summed E-state index contributed by atoms with van der Waals surface area (Å²) in [6.07, 6.45) is 0. The van der Waals surface area contributed by atoms with Crippen LogP contribution in [0.5, 0.6) is 0 Å². The average Bonchev–Trinajstić information content (AvgIpc) is 3.06. The molecule has 8 heteroatoms. The maximum absolute atomic E-state index is 13.1. The zero-order chi connectivity index (χ0) is 22.4. The van der Waals surface area contributed by atoms with E-state index in [0.29, 0.717) is 28.5 Å². The summed E-state index contributed by atoms with van der Waals surface area (Å²) in [5, 5.41) is 5.32. The molecule has 3 N–H and O–H groups in total.